The lowest BCUT2D eigenvalue weighted by molar-refractivity contribution is 0.616. The van der Waals surface area contributed by atoms with Crippen LogP contribution in [0.5, 0.6) is 0 Å². The largest absolute Gasteiger partial charge is 0.464 e. The van der Waals surface area contributed by atoms with Crippen LogP contribution in [0.3, 0.4) is 0 Å². The van der Waals surface area contributed by atoms with Gasteiger partial charge in [-0.3, -0.25) is 0 Å². The first-order valence-corrected chi connectivity index (χ1v) is 13.3. The molecule has 1 nitrogen and oxygen atoms in total. The van der Waals surface area contributed by atoms with E-state index in [9.17, 15) is 6.85 Å². The van der Waals surface area contributed by atoms with Gasteiger partial charge in [-0.2, -0.15) is 0 Å². The maximum absolute atomic E-state index is 9.51. The van der Waals surface area contributed by atoms with Crippen LogP contribution in [0, 0.1) is 0 Å². The molecule has 0 amide bonds. The molecule has 0 atom stereocenters. The first-order chi connectivity index (χ1) is 28.8. The zero-order valence-corrected chi connectivity index (χ0v) is 22.0. The predicted molar refractivity (Wildman–Crippen MR) is 183 cm³/mol. The lowest BCUT2D eigenvalue weighted by Crippen LogP contribution is -1.91. The van der Waals surface area contributed by atoms with Gasteiger partial charge in [0.1, 0.15) is 6.95 Å². The molecule has 0 aliphatic heterocycles. The van der Waals surface area contributed by atoms with Crippen molar-refractivity contribution in [3.05, 3.63) is 157 Å². The summed E-state index contributed by atoms with van der Waals surface area (Å²) in [4.78, 5) is 0. The quantitative estimate of drug-likeness (QED) is 0.195. The van der Waals surface area contributed by atoms with Crippen molar-refractivity contribution in [2.24, 2.45) is 0 Å². The van der Waals surface area contributed by atoms with Crippen LogP contribution in [0.2, 0.25) is 0 Å². The van der Waals surface area contributed by atoms with E-state index >= 15 is 0 Å². The minimum atomic E-state index is -0.755. The van der Waals surface area contributed by atoms with E-state index in [-0.39, 0.29) is 44.5 Å². The summed E-state index contributed by atoms with van der Waals surface area (Å²) in [5, 5.41) is -0.136. The molecule has 1 heteroatoms. The molecular formula is C42H26O. The van der Waals surface area contributed by atoms with Crippen molar-refractivity contribution in [3.63, 3.8) is 0 Å². The molecule has 0 saturated carbocycles. The molecule has 0 spiro atoms. The topological polar surface area (TPSA) is 13.1 Å². The molecule has 0 N–H and O–H groups in total. The third-order valence-corrected chi connectivity index (χ3v) is 7.48. The second-order valence-electron chi connectivity index (χ2n) is 9.87. The maximum atomic E-state index is 9.51. The summed E-state index contributed by atoms with van der Waals surface area (Å²) < 4.78 is 165. The molecule has 0 radical (unpaired) electrons. The highest BCUT2D eigenvalue weighted by atomic mass is 16.3. The molecule has 9 aromatic rings. The van der Waals surface area contributed by atoms with Gasteiger partial charge < -0.3 is 4.42 Å². The summed E-state index contributed by atoms with van der Waals surface area (Å²) in [6.45, 7) is 0. The van der Waals surface area contributed by atoms with Gasteiger partial charge in [-0.1, -0.05) is 127 Å². The summed E-state index contributed by atoms with van der Waals surface area (Å²) in [6.07, 6.45) is -0.569. The third-order valence-electron chi connectivity index (χ3n) is 7.48. The Morgan fingerprint density at radius 1 is 0.419 bits per heavy atom. The summed E-state index contributed by atoms with van der Waals surface area (Å²) in [5.74, 6) is 0. The van der Waals surface area contributed by atoms with Crippen LogP contribution in [0.4, 0.5) is 0 Å². The Bertz CT molecular complexity index is 3460. The van der Waals surface area contributed by atoms with Crippen molar-refractivity contribution < 1.29 is 29.1 Å². The molecule has 0 saturated heterocycles. The molecule has 0 unspecified atom stereocenters. The van der Waals surface area contributed by atoms with Crippen molar-refractivity contribution in [1.82, 2.24) is 0 Å². The lowest BCUT2D eigenvalue weighted by atomic mass is 9.84. The van der Waals surface area contributed by atoms with Crippen LogP contribution in [-0.4, -0.2) is 0 Å². The van der Waals surface area contributed by atoms with Crippen LogP contribution in [0.25, 0.3) is 87.4 Å². The Balaban J connectivity index is 1.45. The molecule has 0 aliphatic rings. The third kappa shape index (κ3) is 3.79. The highest BCUT2D eigenvalue weighted by Crippen LogP contribution is 2.46. The number of hydrogen-bond donors (Lipinski definition) is 0. The molecule has 200 valence electrons. The molecule has 9 rings (SSSR count). The second kappa shape index (κ2) is 9.44. The zero-order valence-electron chi connectivity index (χ0n) is 40.0. The van der Waals surface area contributed by atoms with Gasteiger partial charge in [-0.15, -0.1) is 0 Å². The highest BCUT2D eigenvalue weighted by Gasteiger charge is 2.18. The highest BCUT2D eigenvalue weighted by molar-refractivity contribution is 6.23. The van der Waals surface area contributed by atoms with Crippen LogP contribution < -0.4 is 0 Å². The van der Waals surface area contributed by atoms with Crippen LogP contribution in [0.1, 0.15) is 24.7 Å². The van der Waals surface area contributed by atoms with Crippen molar-refractivity contribution in [2.45, 2.75) is 0 Å². The van der Waals surface area contributed by atoms with Gasteiger partial charge in [0.25, 0.3) is 0 Å². The number of benzene rings is 8. The normalized spacial score (nSPS) is 17.6. The van der Waals surface area contributed by atoms with Crippen molar-refractivity contribution in [1.29, 1.82) is 0 Å². The van der Waals surface area contributed by atoms with E-state index in [0.717, 1.165) is 0 Å². The molecular weight excluding hydrogens is 520 g/mol. The van der Waals surface area contributed by atoms with Gasteiger partial charge in [0.05, 0.1) is 29.5 Å². The number of furan rings is 1. The van der Waals surface area contributed by atoms with E-state index in [0.29, 0.717) is 27.1 Å². The Morgan fingerprint density at radius 2 is 1.02 bits per heavy atom. The summed E-state index contributed by atoms with van der Waals surface area (Å²) in [7, 11) is 0. The zero-order chi connectivity index (χ0) is 44.0. The van der Waals surface area contributed by atoms with E-state index in [4.69, 9.17) is 22.2 Å². The smallest absolute Gasteiger partial charge is 0.134 e. The molecule has 43 heavy (non-hydrogen) atoms. The first-order valence-electron chi connectivity index (χ1n) is 22.3. The number of fused-ring (bicyclic) bond motifs is 5. The minimum absolute atomic E-state index is 0.0389. The average molecular weight is 565 g/mol. The van der Waals surface area contributed by atoms with Gasteiger partial charge in [-0.25, -0.2) is 0 Å². The Hall–Kier alpha value is -5.66. The van der Waals surface area contributed by atoms with Gasteiger partial charge >= 0.3 is 0 Å². The van der Waals surface area contributed by atoms with Crippen molar-refractivity contribution in [2.75, 3.05) is 0 Å². The first kappa shape index (κ1) is 12.3. The Labute approximate surface area is 274 Å². The van der Waals surface area contributed by atoms with Crippen LogP contribution >= 0.6 is 0 Å². The molecule has 0 fully saturated rings. The van der Waals surface area contributed by atoms with E-state index in [2.05, 4.69) is 0 Å². The van der Waals surface area contributed by atoms with Gasteiger partial charge in [-0.05, 0) is 101 Å². The van der Waals surface area contributed by atoms with Crippen LogP contribution in [-0.2, 0) is 0 Å². The predicted octanol–water partition coefficient (Wildman–Crippen LogP) is 12.0. The van der Waals surface area contributed by atoms with Gasteiger partial charge in [0.15, 0.2) is 0 Å². The Kier molecular flexibility index (Phi) is 2.70. The standard InChI is InChI=1S/C42H26O/c1-2-9-29-24-30(18-16-27(29)8-1)31-20-21-34-32(25-31)10-7-15-35(34)42-38-13-5-3-11-36(38)41(37-12-4-6-14-39(37)42)33-19-17-28-22-23-43-40(28)26-33/h1-26H/i1D,2D,7D,8D,9D,10D,15D,16D,17D,18D,19D,20D,21D,22D,23D,24D,25D,26D. The fourth-order valence-corrected chi connectivity index (χ4v) is 5.60. The molecule has 1 heterocycles. The summed E-state index contributed by atoms with van der Waals surface area (Å²) in [6, 6.07) is 2.98. The maximum Gasteiger partial charge on any atom is 0.134 e. The second-order valence-corrected chi connectivity index (χ2v) is 9.87. The fourth-order valence-electron chi connectivity index (χ4n) is 5.60. The van der Waals surface area contributed by atoms with Gasteiger partial charge in [0, 0.05) is 5.39 Å². The number of hydrogen-bond acceptors (Lipinski definition) is 1. The lowest BCUT2D eigenvalue weighted by Gasteiger charge is -2.19. The van der Waals surface area contributed by atoms with Crippen molar-refractivity contribution >= 4 is 54.1 Å². The van der Waals surface area contributed by atoms with Crippen LogP contribution in [0.15, 0.2) is 162 Å². The van der Waals surface area contributed by atoms with E-state index in [1.807, 2.05) is 0 Å². The average Bonchev–Trinajstić information content (AvgIpc) is 3.55. The summed E-state index contributed by atoms with van der Waals surface area (Å²) in [5.41, 5.74) is -0.930. The fraction of sp³-hybridized carbons (Fsp3) is 0. The molecule has 1 aromatic heterocycles. The molecule has 0 aliphatic carbocycles. The molecule has 8 aromatic carbocycles. The SMILES string of the molecule is [2H]c1oc2c([2H])c(-c3c4ccccc4c(-c4c([2H])c([2H])c([2H])c5c([2H])c(-c6c([2H])c([2H])c7c([2H])c([2H])c([2H])c([2H])c7c6[2H])c([2H])c([2H])c45)c4ccccc34)c([2H])c([2H])c2c1[2H]. The minimum Gasteiger partial charge on any atom is -0.464 e. The van der Waals surface area contributed by atoms with Gasteiger partial charge in [0.2, 0.25) is 0 Å². The summed E-state index contributed by atoms with van der Waals surface area (Å²) >= 11 is 0. The van der Waals surface area contributed by atoms with Crippen molar-refractivity contribution in [3.8, 4) is 33.4 Å². The van der Waals surface area contributed by atoms with E-state index in [1.54, 1.807) is 48.5 Å². The Morgan fingerprint density at radius 3 is 1.79 bits per heavy atom. The van der Waals surface area contributed by atoms with E-state index in [1.165, 1.54) is 0 Å². The van der Waals surface area contributed by atoms with E-state index < -0.39 is 125 Å². The number of rotatable bonds is 3. The molecule has 0 bridgehead atoms. The monoisotopic (exact) mass is 564 g/mol.